The number of hydrogen-bond acceptors (Lipinski definition) is 5. The van der Waals surface area contributed by atoms with Crippen LogP contribution in [0.15, 0.2) is 24.1 Å². The molecular formula is C13H19BN2O2S. The van der Waals surface area contributed by atoms with Crippen LogP contribution in [0.3, 0.4) is 0 Å². The molecule has 0 aliphatic carbocycles. The molecule has 6 heteroatoms. The zero-order chi connectivity index (χ0) is 14.1. The van der Waals surface area contributed by atoms with Crippen molar-refractivity contribution >= 4 is 25.8 Å². The normalized spacial score (nSPS) is 21.7. The van der Waals surface area contributed by atoms with Crippen LogP contribution in [0.2, 0.25) is 0 Å². The first kappa shape index (κ1) is 14.6. The number of nitrogens with zero attached hydrogens (tertiary/aromatic N) is 2. The molecule has 0 aromatic carbocycles. The minimum atomic E-state index is -0.385. The molecule has 4 nitrogen and oxygen atoms in total. The predicted octanol–water partition coefficient (Wildman–Crippen LogP) is 2.42. The van der Waals surface area contributed by atoms with Crippen LogP contribution in [-0.4, -0.2) is 34.0 Å². The molecule has 1 aliphatic rings. The first-order chi connectivity index (χ1) is 8.86. The van der Waals surface area contributed by atoms with Gasteiger partial charge in [0.05, 0.1) is 23.1 Å². The first-order valence-electron chi connectivity index (χ1n) is 6.29. The van der Waals surface area contributed by atoms with Gasteiger partial charge in [0.2, 0.25) is 0 Å². The maximum absolute atomic E-state index is 6.00. The molecule has 0 unspecified atom stereocenters. The minimum absolute atomic E-state index is 0.345. The molecule has 0 saturated carbocycles. The summed E-state index contributed by atoms with van der Waals surface area (Å²) in [6.07, 6.45) is 6.93. The molecule has 0 radical (unpaired) electrons. The van der Waals surface area contributed by atoms with Crippen LogP contribution in [0, 0.1) is 0 Å². The van der Waals surface area contributed by atoms with Crippen molar-refractivity contribution < 1.29 is 9.31 Å². The van der Waals surface area contributed by atoms with Crippen molar-refractivity contribution in [3.05, 3.63) is 29.8 Å². The number of aromatic nitrogens is 2. The maximum atomic E-state index is 6.00. The third-order valence-corrected chi connectivity index (χ3v) is 4.02. The largest absolute Gasteiger partial charge is 0.491 e. The second-order valence-corrected chi connectivity index (χ2v) is 5.91. The fraction of sp³-hybridized carbons (Fsp3) is 0.538. The van der Waals surface area contributed by atoms with Crippen molar-refractivity contribution in [1.82, 2.24) is 9.97 Å². The van der Waals surface area contributed by atoms with E-state index in [0.29, 0.717) is 5.75 Å². The van der Waals surface area contributed by atoms with Gasteiger partial charge < -0.3 is 9.31 Å². The highest BCUT2D eigenvalue weighted by atomic mass is 32.1. The molecule has 0 spiro atoms. The number of rotatable bonds is 3. The zero-order valence-electron chi connectivity index (χ0n) is 11.8. The molecular weight excluding hydrogens is 259 g/mol. The van der Waals surface area contributed by atoms with Crippen molar-refractivity contribution in [1.29, 1.82) is 0 Å². The first-order valence-corrected chi connectivity index (χ1v) is 6.92. The Morgan fingerprint density at radius 3 is 2.37 bits per heavy atom. The molecule has 19 heavy (non-hydrogen) atoms. The Balaban J connectivity index is 2.23. The van der Waals surface area contributed by atoms with E-state index in [1.165, 1.54) is 0 Å². The lowest BCUT2D eigenvalue weighted by atomic mass is 9.78. The molecule has 102 valence electrons. The maximum Gasteiger partial charge on any atom is 0.491 e. The Labute approximate surface area is 120 Å². The van der Waals surface area contributed by atoms with Crippen molar-refractivity contribution in [2.75, 3.05) is 5.75 Å². The standard InChI is InChI=1S/C13H19BN2O2S/c1-12(2)13(3,4)18-14(17-12)10(9-19)7-11-8-15-5-6-16-11/h5-8,19H,9H2,1-4H3. The van der Waals surface area contributed by atoms with Gasteiger partial charge in [-0.25, -0.2) is 0 Å². The number of thiol groups is 1. The second-order valence-electron chi connectivity index (χ2n) is 5.60. The molecule has 0 amide bonds. The van der Waals surface area contributed by atoms with E-state index < -0.39 is 0 Å². The SMILES string of the molecule is CC1(C)OB(C(=Cc2cnccn2)CS)OC1(C)C. The molecule has 1 aliphatic heterocycles. The van der Waals surface area contributed by atoms with Gasteiger partial charge >= 0.3 is 7.12 Å². The highest BCUT2D eigenvalue weighted by Gasteiger charge is 2.52. The van der Waals surface area contributed by atoms with Crippen LogP contribution in [0.5, 0.6) is 0 Å². The Kier molecular flexibility index (Phi) is 4.04. The van der Waals surface area contributed by atoms with Gasteiger partial charge in [-0.15, -0.1) is 0 Å². The summed E-state index contributed by atoms with van der Waals surface area (Å²) in [4.78, 5) is 8.27. The third kappa shape index (κ3) is 3.01. The van der Waals surface area contributed by atoms with Crippen LogP contribution < -0.4 is 0 Å². The highest BCUT2D eigenvalue weighted by molar-refractivity contribution is 7.80. The summed E-state index contributed by atoms with van der Waals surface area (Å²) in [6, 6.07) is 0. The van der Waals surface area contributed by atoms with E-state index in [0.717, 1.165) is 11.2 Å². The summed E-state index contributed by atoms with van der Waals surface area (Å²) >= 11 is 4.36. The molecule has 1 aromatic heterocycles. The van der Waals surface area contributed by atoms with E-state index in [9.17, 15) is 0 Å². The Hall–Kier alpha value is -0.845. The lowest BCUT2D eigenvalue weighted by Gasteiger charge is -2.32. The van der Waals surface area contributed by atoms with Crippen molar-refractivity contribution in [3.8, 4) is 0 Å². The van der Waals surface area contributed by atoms with Gasteiger partial charge in [0.1, 0.15) is 0 Å². The van der Waals surface area contributed by atoms with Crippen LogP contribution in [0.25, 0.3) is 6.08 Å². The van der Waals surface area contributed by atoms with Gasteiger partial charge in [-0.1, -0.05) is 0 Å². The summed E-state index contributed by atoms with van der Waals surface area (Å²) in [7, 11) is -0.385. The average molecular weight is 278 g/mol. The molecule has 2 heterocycles. The molecule has 2 rings (SSSR count). The molecule has 0 atom stereocenters. The third-order valence-electron chi connectivity index (χ3n) is 3.65. The smallest absolute Gasteiger partial charge is 0.400 e. The van der Waals surface area contributed by atoms with Gasteiger partial charge in [-0.3, -0.25) is 9.97 Å². The fourth-order valence-corrected chi connectivity index (χ4v) is 2.00. The average Bonchev–Trinajstić information content (AvgIpc) is 2.56. The molecule has 1 fully saturated rings. The van der Waals surface area contributed by atoms with Crippen LogP contribution in [0.4, 0.5) is 0 Å². The van der Waals surface area contributed by atoms with Crippen LogP contribution in [0.1, 0.15) is 33.4 Å². The quantitative estimate of drug-likeness (QED) is 0.681. The van der Waals surface area contributed by atoms with E-state index in [4.69, 9.17) is 9.31 Å². The Morgan fingerprint density at radius 2 is 1.89 bits per heavy atom. The van der Waals surface area contributed by atoms with Gasteiger partial charge in [0, 0.05) is 18.1 Å². The lowest BCUT2D eigenvalue weighted by Crippen LogP contribution is -2.41. The molecule has 0 N–H and O–H groups in total. The monoisotopic (exact) mass is 278 g/mol. The van der Waals surface area contributed by atoms with E-state index in [1.807, 2.05) is 33.8 Å². The fourth-order valence-electron chi connectivity index (χ4n) is 1.76. The van der Waals surface area contributed by atoms with Gasteiger partial charge in [0.25, 0.3) is 0 Å². The van der Waals surface area contributed by atoms with E-state index in [-0.39, 0.29) is 18.3 Å². The highest BCUT2D eigenvalue weighted by Crippen LogP contribution is 2.38. The van der Waals surface area contributed by atoms with Crippen molar-refractivity contribution in [2.24, 2.45) is 0 Å². The summed E-state index contributed by atoms with van der Waals surface area (Å²) in [6.45, 7) is 8.13. The Morgan fingerprint density at radius 1 is 1.26 bits per heavy atom. The van der Waals surface area contributed by atoms with Gasteiger partial charge in [0.15, 0.2) is 0 Å². The topological polar surface area (TPSA) is 44.2 Å². The summed E-state index contributed by atoms with van der Waals surface area (Å²) in [5.41, 5.74) is 1.04. The predicted molar refractivity (Wildman–Crippen MR) is 79.9 cm³/mol. The molecule has 0 bridgehead atoms. The van der Waals surface area contributed by atoms with Crippen molar-refractivity contribution in [2.45, 2.75) is 38.9 Å². The molecule has 1 aromatic rings. The lowest BCUT2D eigenvalue weighted by molar-refractivity contribution is 0.00578. The zero-order valence-corrected chi connectivity index (χ0v) is 12.6. The summed E-state index contributed by atoms with van der Waals surface area (Å²) in [5, 5.41) is 0. The van der Waals surface area contributed by atoms with Gasteiger partial charge in [-0.2, -0.15) is 12.6 Å². The van der Waals surface area contributed by atoms with Crippen molar-refractivity contribution in [3.63, 3.8) is 0 Å². The summed E-state index contributed by atoms with van der Waals surface area (Å²) in [5.74, 6) is 0.549. The number of hydrogen-bond donors (Lipinski definition) is 1. The van der Waals surface area contributed by atoms with Gasteiger partial charge in [-0.05, 0) is 39.2 Å². The summed E-state index contributed by atoms with van der Waals surface area (Å²) < 4.78 is 12.0. The Bertz CT molecular complexity index is 461. The van der Waals surface area contributed by atoms with E-state index in [1.54, 1.807) is 18.6 Å². The second kappa shape index (κ2) is 5.27. The molecule has 1 saturated heterocycles. The van der Waals surface area contributed by atoms with E-state index >= 15 is 0 Å². The van der Waals surface area contributed by atoms with E-state index in [2.05, 4.69) is 22.6 Å². The van der Waals surface area contributed by atoms with Crippen LogP contribution >= 0.6 is 12.6 Å². The van der Waals surface area contributed by atoms with Crippen LogP contribution in [-0.2, 0) is 9.31 Å². The minimum Gasteiger partial charge on any atom is -0.400 e.